The van der Waals surface area contributed by atoms with Crippen molar-refractivity contribution in [3.63, 3.8) is 0 Å². The van der Waals surface area contributed by atoms with E-state index in [1.54, 1.807) is 0 Å². The molecule has 0 atom stereocenters. The molecule has 0 amide bonds. The number of hydrogen-bond donors (Lipinski definition) is 3. The van der Waals surface area contributed by atoms with E-state index in [4.69, 9.17) is 9.79 Å². The molecular weight excluding hydrogens is 327 g/mol. The second-order valence-electron chi connectivity index (χ2n) is 5.59. The van der Waals surface area contributed by atoms with Crippen LogP contribution in [-0.4, -0.2) is 16.4 Å². The van der Waals surface area contributed by atoms with Crippen molar-refractivity contribution < 1.29 is 14.3 Å². The Balaban J connectivity index is 0.000000422. The van der Waals surface area contributed by atoms with Gasteiger partial charge in [0.05, 0.1) is 6.61 Å². The first-order valence-corrected chi connectivity index (χ1v) is 10.3. The van der Waals surface area contributed by atoms with Crippen LogP contribution in [0.25, 0.3) is 0 Å². The van der Waals surface area contributed by atoms with Crippen molar-refractivity contribution in [3.05, 3.63) is 29.8 Å². The number of benzene rings is 1. The highest BCUT2D eigenvalue weighted by Crippen LogP contribution is 2.24. The van der Waals surface area contributed by atoms with E-state index in [1.807, 2.05) is 12.1 Å². The van der Waals surface area contributed by atoms with E-state index in [2.05, 4.69) is 43.1 Å². The molecule has 5 heteroatoms. The van der Waals surface area contributed by atoms with E-state index in [0.29, 0.717) is 6.61 Å². The van der Waals surface area contributed by atoms with Crippen LogP contribution < -0.4 is 0 Å². The van der Waals surface area contributed by atoms with Gasteiger partial charge in [0.15, 0.2) is 0 Å². The van der Waals surface area contributed by atoms with Gasteiger partial charge in [-0.1, -0.05) is 70.6 Å². The van der Waals surface area contributed by atoms with Crippen molar-refractivity contribution >= 4 is 21.2 Å². The van der Waals surface area contributed by atoms with Crippen LogP contribution in [-0.2, 0) is 10.9 Å². The molecular formula is C18H33O3PS. The topological polar surface area (TPSA) is 49.7 Å². The van der Waals surface area contributed by atoms with Crippen LogP contribution in [0.4, 0.5) is 0 Å². The molecule has 0 spiro atoms. The third-order valence-electron chi connectivity index (χ3n) is 3.50. The van der Waals surface area contributed by atoms with Crippen molar-refractivity contribution in [2.24, 2.45) is 0 Å². The highest BCUT2D eigenvalue weighted by atomic mass is 32.1. The Labute approximate surface area is 148 Å². The number of unbranched alkanes of at least 4 members (excludes halogenated alkanes) is 6. The average molecular weight is 360 g/mol. The molecule has 2 N–H and O–H groups in total. The largest absolute Gasteiger partial charge is 0.328 e. The molecule has 0 unspecified atom stereocenters. The van der Waals surface area contributed by atoms with Crippen molar-refractivity contribution in [2.75, 3.05) is 6.61 Å². The van der Waals surface area contributed by atoms with Crippen LogP contribution in [0.15, 0.2) is 29.2 Å². The summed E-state index contributed by atoms with van der Waals surface area (Å²) in [4.78, 5) is 17.9. The summed E-state index contributed by atoms with van der Waals surface area (Å²) in [6.45, 7) is 4.87. The normalized spacial score (nSPS) is 10.5. The van der Waals surface area contributed by atoms with Gasteiger partial charge in [-0.2, -0.15) is 0 Å². The molecule has 0 saturated carbocycles. The molecule has 0 saturated heterocycles. The van der Waals surface area contributed by atoms with Crippen molar-refractivity contribution in [1.29, 1.82) is 0 Å². The third kappa shape index (κ3) is 15.2. The third-order valence-corrected chi connectivity index (χ3v) is 4.35. The quantitative estimate of drug-likeness (QED) is 0.262. The molecule has 0 heterocycles. The summed E-state index contributed by atoms with van der Waals surface area (Å²) in [5.74, 6) is 0. The van der Waals surface area contributed by atoms with Gasteiger partial charge in [-0.3, -0.25) is 0 Å². The van der Waals surface area contributed by atoms with Crippen LogP contribution in [0, 0.1) is 0 Å². The lowest BCUT2D eigenvalue weighted by molar-refractivity contribution is 0.248. The van der Waals surface area contributed by atoms with E-state index >= 15 is 0 Å². The Bertz CT molecular complexity index is 375. The lowest BCUT2D eigenvalue weighted by Crippen LogP contribution is -1.89. The van der Waals surface area contributed by atoms with Crippen LogP contribution in [0.2, 0.25) is 0 Å². The van der Waals surface area contributed by atoms with Crippen LogP contribution >= 0.6 is 21.2 Å². The van der Waals surface area contributed by atoms with E-state index < -0.39 is 8.60 Å². The number of aryl methyl sites for hydroxylation is 1. The minimum atomic E-state index is -2.13. The van der Waals surface area contributed by atoms with Crippen molar-refractivity contribution in [3.8, 4) is 0 Å². The summed E-state index contributed by atoms with van der Waals surface area (Å²) < 4.78 is 4.62. The molecule has 3 nitrogen and oxygen atoms in total. The van der Waals surface area contributed by atoms with E-state index in [-0.39, 0.29) is 0 Å². The molecule has 0 bridgehead atoms. The summed E-state index contributed by atoms with van der Waals surface area (Å²) in [5, 5.41) is 0. The van der Waals surface area contributed by atoms with Crippen LogP contribution in [0.5, 0.6) is 0 Å². The predicted molar refractivity (Wildman–Crippen MR) is 103 cm³/mol. The summed E-state index contributed by atoms with van der Waals surface area (Å²) in [6, 6.07) is 8.30. The van der Waals surface area contributed by atoms with Gasteiger partial charge in [0, 0.05) is 4.90 Å². The summed E-state index contributed by atoms with van der Waals surface area (Å²) >= 11 is 4.37. The van der Waals surface area contributed by atoms with E-state index in [9.17, 15) is 0 Å². The monoisotopic (exact) mass is 360 g/mol. The number of thiol groups is 1. The summed E-state index contributed by atoms with van der Waals surface area (Å²) in [5.41, 5.74) is 1.37. The number of rotatable bonds is 11. The van der Waals surface area contributed by atoms with Gasteiger partial charge in [-0.15, -0.1) is 12.6 Å². The van der Waals surface area contributed by atoms with Crippen molar-refractivity contribution in [2.45, 2.75) is 76.5 Å². The molecule has 0 fully saturated rings. The van der Waals surface area contributed by atoms with Crippen molar-refractivity contribution in [1.82, 2.24) is 0 Å². The average Bonchev–Trinajstić information content (AvgIpc) is 2.54. The fraction of sp³-hybridized carbons (Fsp3) is 0.667. The smallest absolute Gasteiger partial charge is 0.327 e. The Morgan fingerprint density at radius 3 is 2.13 bits per heavy atom. The van der Waals surface area contributed by atoms with Gasteiger partial charge in [-0.25, -0.2) is 0 Å². The summed E-state index contributed by atoms with van der Waals surface area (Å²) in [7, 11) is -2.13. The Morgan fingerprint density at radius 1 is 0.913 bits per heavy atom. The van der Waals surface area contributed by atoms with E-state index in [1.165, 1.54) is 44.1 Å². The molecule has 0 aliphatic heterocycles. The zero-order valence-corrected chi connectivity index (χ0v) is 16.4. The van der Waals surface area contributed by atoms with Crippen LogP contribution in [0.3, 0.4) is 0 Å². The zero-order chi connectivity index (χ0) is 17.3. The Kier molecular flexibility index (Phi) is 16.6. The molecule has 0 aromatic heterocycles. The van der Waals surface area contributed by atoms with Gasteiger partial charge in [0.1, 0.15) is 0 Å². The first-order chi connectivity index (χ1) is 11.1. The second-order valence-corrected chi connectivity index (χ2v) is 6.83. The molecule has 1 aromatic carbocycles. The van der Waals surface area contributed by atoms with Crippen LogP contribution in [0.1, 0.15) is 70.8 Å². The first-order valence-electron chi connectivity index (χ1n) is 8.69. The van der Waals surface area contributed by atoms with Gasteiger partial charge < -0.3 is 14.3 Å². The van der Waals surface area contributed by atoms with Gasteiger partial charge in [0.2, 0.25) is 0 Å². The minimum Gasteiger partial charge on any atom is -0.328 e. The standard InChI is InChI=1S/C10H14S.C8H19O3P/c1-2-3-6-9-7-4-5-8-10(9)11;1-2-3-4-5-6-7-8-11-12(9)10/h4-5,7-8,11H,2-3,6H2,1H3;9-10H,2-8H2,1H3. The lowest BCUT2D eigenvalue weighted by Gasteiger charge is -2.03. The number of hydrogen-bond acceptors (Lipinski definition) is 4. The van der Waals surface area contributed by atoms with E-state index in [0.717, 1.165) is 24.2 Å². The predicted octanol–water partition coefficient (Wildman–Crippen LogP) is 5.89. The first kappa shape index (κ1) is 22.9. The SMILES string of the molecule is CCCCCCCCOP(O)O.CCCCc1ccccc1S. The molecule has 0 aliphatic carbocycles. The van der Waals surface area contributed by atoms with Gasteiger partial charge in [-0.05, 0) is 30.9 Å². The zero-order valence-electron chi connectivity index (χ0n) is 14.6. The molecule has 1 aromatic rings. The van der Waals surface area contributed by atoms with Gasteiger partial charge in [0.25, 0.3) is 0 Å². The fourth-order valence-electron chi connectivity index (χ4n) is 2.12. The molecule has 0 radical (unpaired) electrons. The molecule has 1 rings (SSSR count). The fourth-order valence-corrected chi connectivity index (χ4v) is 2.68. The second kappa shape index (κ2) is 16.7. The maximum Gasteiger partial charge on any atom is 0.327 e. The highest BCUT2D eigenvalue weighted by molar-refractivity contribution is 7.80. The Morgan fingerprint density at radius 2 is 1.52 bits per heavy atom. The molecule has 0 aliphatic rings. The van der Waals surface area contributed by atoms with Gasteiger partial charge >= 0.3 is 8.60 Å². The molecule has 134 valence electrons. The maximum atomic E-state index is 8.39. The summed E-state index contributed by atoms with van der Waals surface area (Å²) in [6.07, 6.45) is 10.8. The highest BCUT2D eigenvalue weighted by Gasteiger charge is 1.97. The molecule has 23 heavy (non-hydrogen) atoms. The lowest BCUT2D eigenvalue weighted by atomic mass is 10.1. The maximum absolute atomic E-state index is 8.39. The minimum absolute atomic E-state index is 0.477. The Hall–Kier alpha value is -0.120.